The van der Waals surface area contributed by atoms with Crippen LogP contribution in [0.15, 0.2) is 23.7 Å². The highest BCUT2D eigenvalue weighted by Gasteiger charge is 2.13. The standard InChI is InChI=1S/C12H16N4OS/c1-2-16-8-10(13)11(15-16)12(17)14-6-5-9-4-3-7-18-9/h3-4,7-8H,2,5-6,13H2,1H3,(H,14,17). The third-order valence-corrected chi connectivity index (χ3v) is 3.50. The zero-order chi connectivity index (χ0) is 13.0. The molecule has 18 heavy (non-hydrogen) atoms. The maximum Gasteiger partial charge on any atom is 0.273 e. The van der Waals surface area contributed by atoms with E-state index in [0.717, 1.165) is 6.42 Å². The number of hydrogen-bond donors (Lipinski definition) is 2. The maximum absolute atomic E-state index is 11.9. The van der Waals surface area contributed by atoms with Crippen LogP contribution >= 0.6 is 11.3 Å². The number of nitrogens with zero attached hydrogens (tertiary/aromatic N) is 2. The van der Waals surface area contributed by atoms with Crippen molar-refractivity contribution in [2.45, 2.75) is 19.9 Å². The van der Waals surface area contributed by atoms with Crippen molar-refractivity contribution in [3.63, 3.8) is 0 Å². The second-order valence-electron chi connectivity index (χ2n) is 3.87. The van der Waals surface area contributed by atoms with E-state index in [1.165, 1.54) is 4.88 Å². The lowest BCUT2D eigenvalue weighted by molar-refractivity contribution is 0.0949. The minimum absolute atomic E-state index is 0.212. The number of rotatable bonds is 5. The van der Waals surface area contributed by atoms with E-state index in [1.54, 1.807) is 22.2 Å². The van der Waals surface area contributed by atoms with E-state index >= 15 is 0 Å². The molecule has 0 unspecified atom stereocenters. The number of hydrogen-bond acceptors (Lipinski definition) is 4. The van der Waals surface area contributed by atoms with Gasteiger partial charge >= 0.3 is 0 Å². The van der Waals surface area contributed by atoms with Gasteiger partial charge in [0.2, 0.25) is 0 Å². The van der Waals surface area contributed by atoms with Gasteiger partial charge < -0.3 is 11.1 Å². The first-order chi connectivity index (χ1) is 8.70. The Balaban J connectivity index is 1.89. The SMILES string of the molecule is CCn1cc(N)c(C(=O)NCCc2cccs2)n1. The van der Waals surface area contributed by atoms with Crippen molar-refractivity contribution in [3.8, 4) is 0 Å². The number of carbonyl (C=O) groups is 1. The van der Waals surface area contributed by atoms with Gasteiger partial charge in [-0.2, -0.15) is 5.10 Å². The second-order valence-corrected chi connectivity index (χ2v) is 4.91. The fourth-order valence-electron chi connectivity index (χ4n) is 1.61. The van der Waals surface area contributed by atoms with Crippen LogP contribution in [0.4, 0.5) is 5.69 Å². The zero-order valence-electron chi connectivity index (χ0n) is 10.2. The number of thiophene rings is 1. The lowest BCUT2D eigenvalue weighted by Crippen LogP contribution is -2.26. The van der Waals surface area contributed by atoms with Crippen LogP contribution in [0.3, 0.4) is 0 Å². The third-order valence-electron chi connectivity index (χ3n) is 2.57. The summed E-state index contributed by atoms with van der Waals surface area (Å²) < 4.78 is 1.66. The summed E-state index contributed by atoms with van der Waals surface area (Å²) in [7, 11) is 0. The lowest BCUT2D eigenvalue weighted by Gasteiger charge is -2.02. The Morgan fingerprint density at radius 2 is 2.44 bits per heavy atom. The van der Waals surface area contributed by atoms with Crippen LogP contribution in [0.25, 0.3) is 0 Å². The molecule has 6 heteroatoms. The Morgan fingerprint density at radius 3 is 3.06 bits per heavy atom. The molecule has 0 saturated carbocycles. The largest absolute Gasteiger partial charge is 0.396 e. The van der Waals surface area contributed by atoms with Crippen molar-refractivity contribution < 1.29 is 4.79 Å². The number of carbonyl (C=O) groups excluding carboxylic acids is 1. The molecule has 3 N–H and O–H groups in total. The van der Waals surface area contributed by atoms with E-state index in [-0.39, 0.29) is 5.91 Å². The van der Waals surface area contributed by atoms with E-state index in [0.29, 0.717) is 24.5 Å². The van der Waals surface area contributed by atoms with Gasteiger partial charge in [0, 0.05) is 24.2 Å². The topological polar surface area (TPSA) is 72.9 Å². The summed E-state index contributed by atoms with van der Waals surface area (Å²) in [5.41, 5.74) is 6.47. The number of anilines is 1. The van der Waals surface area contributed by atoms with Gasteiger partial charge in [-0.1, -0.05) is 6.07 Å². The van der Waals surface area contributed by atoms with Gasteiger partial charge in [-0.15, -0.1) is 11.3 Å². The van der Waals surface area contributed by atoms with E-state index in [2.05, 4.69) is 16.5 Å². The monoisotopic (exact) mass is 264 g/mol. The summed E-state index contributed by atoms with van der Waals surface area (Å²) in [5.74, 6) is -0.212. The smallest absolute Gasteiger partial charge is 0.273 e. The summed E-state index contributed by atoms with van der Waals surface area (Å²) in [6.45, 7) is 3.25. The quantitative estimate of drug-likeness (QED) is 0.860. The van der Waals surface area contributed by atoms with E-state index in [1.807, 2.05) is 18.4 Å². The molecule has 96 valence electrons. The van der Waals surface area contributed by atoms with E-state index in [9.17, 15) is 4.79 Å². The highest BCUT2D eigenvalue weighted by Crippen LogP contribution is 2.10. The van der Waals surface area contributed by atoms with Crippen LogP contribution in [-0.4, -0.2) is 22.2 Å². The molecule has 0 aliphatic carbocycles. The first-order valence-electron chi connectivity index (χ1n) is 5.84. The molecule has 0 bridgehead atoms. The summed E-state index contributed by atoms with van der Waals surface area (Å²) in [6.07, 6.45) is 2.51. The van der Waals surface area contributed by atoms with Gasteiger partial charge in [0.15, 0.2) is 5.69 Å². The molecular formula is C12H16N4OS. The molecule has 0 spiro atoms. The minimum Gasteiger partial charge on any atom is -0.396 e. The number of aryl methyl sites for hydroxylation is 1. The van der Waals surface area contributed by atoms with Gasteiger partial charge in [0.05, 0.1) is 5.69 Å². The molecule has 2 aromatic rings. The normalized spacial score (nSPS) is 10.5. The van der Waals surface area contributed by atoms with Crippen molar-refractivity contribution in [3.05, 3.63) is 34.3 Å². The van der Waals surface area contributed by atoms with Gasteiger partial charge in [-0.3, -0.25) is 9.48 Å². The highest BCUT2D eigenvalue weighted by molar-refractivity contribution is 7.09. The zero-order valence-corrected chi connectivity index (χ0v) is 11.0. The number of nitrogens with one attached hydrogen (secondary N) is 1. The van der Waals surface area contributed by atoms with Crippen molar-refractivity contribution in [2.24, 2.45) is 0 Å². The van der Waals surface area contributed by atoms with Gasteiger partial charge in [0.1, 0.15) is 0 Å². The number of nitrogens with two attached hydrogens (primary N) is 1. The third kappa shape index (κ3) is 2.89. The minimum atomic E-state index is -0.212. The van der Waals surface area contributed by atoms with E-state index in [4.69, 9.17) is 5.73 Å². The molecule has 1 amide bonds. The Hall–Kier alpha value is -1.82. The van der Waals surface area contributed by atoms with Crippen LogP contribution in [0.5, 0.6) is 0 Å². The van der Waals surface area contributed by atoms with Crippen LogP contribution in [-0.2, 0) is 13.0 Å². The fourth-order valence-corrected chi connectivity index (χ4v) is 2.32. The lowest BCUT2D eigenvalue weighted by atomic mass is 10.3. The Labute approximate surface area is 110 Å². The first kappa shape index (κ1) is 12.6. The molecule has 0 saturated heterocycles. The average molecular weight is 264 g/mol. The predicted octanol–water partition coefficient (Wildman–Crippen LogP) is 1.52. The molecule has 0 atom stereocenters. The molecule has 0 aromatic carbocycles. The molecule has 2 heterocycles. The van der Waals surface area contributed by atoms with Gasteiger partial charge in [-0.25, -0.2) is 0 Å². The fraction of sp³-hybridized carbons (Fsp3) is 0.333. The van der Waals surface area contributed by atoms with Gasteiger partial charge in [-0.05, 0) is 24.8 Å². The van der Waals surface area contributed by atoms with Crippen molar-refractivity contribution in [2.75, 3.05) is 12.3 Å². The summed E-state index contributed by atoms with van der Waals surface area (Å²) in [4.78, 5) is 13.1. The number of nitrogen functional groups attached to an aromatic ring is 1. The average Bonchev–Trinajstić information content (AvgIpc) is 2.98. The molecule has 2 aromatic heterocycles. The maximum atomic E-state index is 11.9. The Kier molecular flexibility index (Phi) is 3.99. The molecule has 5 nitrogen and oxygen atoms in total. The predicted molar refractivity (Wildman–Crippen MR) is 72.7 cm³/mol. The van der Waals surface area contributed by atoms with Crippen LogP contribution < -0.4 is 11.1 Å². The van der Waals surface area contributed by atoms with Crippen molar-refractivity contribution >= 4 is 22.9 Å². The number of amides is 1. The Bertz CT molecular complexity index is 518. The van der Waals surface area contributed by atoms with Gasteiger partial charge in [0.25, 0.3) is 5.91 Å². The Morgan fingerprint density at radius 1 is 1.61 bits per heavy atom. The van der Waals surface area contributed by atoms with Crippen molar-refractivity contribution in [1.29, 1.82) is 0 Å². The molecule has 0 fully saturated rings. The highest BCUT2D eigenvalue weighted by atomic mass is 32.1. The molecule has 0 aliphatic rings. The molecule has 0 aliphatic heterocycles. The molecule has 2 rings (SSSR count). The molecule has 0 radical (unpaired) electrons. The summed E-state index contributed by atoms with van der Waals surface area (Å²) >= 11 is 1.69. The van der Waals surface area contributed by atoms with Crippen LogP contribution in [0, 0.1) is 0 Å². The van der Waals surface area contributed by atoms with Crippen LogP contribution in [0.1, 0.15) is 22.3 Å². The second kappa shape index (κ2) is 5.68. The first-order valence-corrected chi connectivity index (χ1v) is 6.72. The van der Waals surface area contributed by atoms with E-state index < -0.39 is 0 Å². The summed E-state index contributed by atoms with van der Waals surface area (Å²) in [5, 5.41) is 8.98. The summed E-state index contributed by atoms with van der Waals surface area (Å²) in [6, 6.07) is 4.06. The molecular weight excluding hydrogens is 248 g/mol. The van der Waals surface area contributed by atoms with Crippen molar-refractivity contribution in [1.82, 2.24) is 15.1 Å². The van der Waals surface area contributed by atoms with Crippen LogP contribution in [0.2, 0.25) is 0 Å². The number of aromatic nitrogens is 2.